The minimum Gasteiger partial charge on any atom is -0.313 e. The molecule has 0 amide bonds. The molecule has 0 saturated heterocycles. The van der Waals surface area contributed by atoms with Crippen molar-refractivity contribution in [3.8, 4) is 0 Å². The van der Waals surface area contributed by atoms with Gasteiger partial charge in [-0.25, -0.2) is 0 Å². The molecule has 114 valence electrons. The molecule has 1 atom stereocenters. The monoisotopic (exact) mass is 293 g/mol. The zero-order valence-corrected chi connectivity index (χ0v) is 14.3. The molecule has 0 aliphatic heterocycles. The topological polar surface area (TPSA) is 12.0 Å². The predicted octanol–water partition coefficient (Wildman–Crippen LogP) is 5.27. The Hall–Kier alpha value is -0.340. The largest absolute Gasteiger partial charge is 0.313 e. The molecule has 1 fully saturated rings. The number of rotatable bonds is 8. The molecule has 2 heteroatoms. The minimum atomic E-state index is 0.547. The molecule has 1 heterocycles. The SMILES string of the molecule is CCCNC(Cc1ccsc1)C1(CC(C)C)CCCC1. The number of hydrogen-bond acceptors (Lipinski definition) is 2. The van der Waals surface area contributed by atoms with Gasteiger partial charge < -0.3 is 5.32 Å². The Kier molecular flexibility index (Phi) is 6.10. The quantitative estimate of drug-likeness (QED) is 0.689. The highest BCUT2D eigenvalue weighted by Gasteiger charge is 2.41. The van der Waals surface area contributed by atoms with Crippen molar-refractivity contribution in [3.05, 3.63) is 22.4 Å². The van der Waals surface area contributed by atoms with Crippen molar-refractivity contribution in [2.45, 2.75) is 71.8 Å². The number of nitrogens with one attached hydrogen (secondary N) is 1. The maximum atomic E-state index is 3.90. The van der Waals surface area contributed by atoms with Crippen LogP contribution in [0.15, 0.2) is 16.8 Å². The van der Waals surface area contributed by atoms with Gasteiger partial charge in [-0.1, -0.05) is 33.6 Å². The molecule has 1 unspecified atom stereocenters. The molecule has 20 heavy (non-hydrogen) atoms. The van der Waals surface area contributed by atoms with Gasteiger partial charge >= 0.3 is 0 Å². The average Bonchev–Trinajstić information content (AvgIpc) is 3.05. The van der Waals surface area contributed by atoms with Gasteiger partial charge in [0.05, 0.1) is 0 Å². The van der Waals surface area contributed by atoms with Crippen molar-refractivity contribution in [1.29, 1.82) is 0 Å². The van der Waals surface area contributed by atoms with Gasteiger partial charge in [-0.2, -0.15) is 11.3 Å². The first-order valence-corrected chi connectivity index (χ1v) is 9.35. The second-order valence-corrected chi connectivity index (χ2v) is 7.79. The van der Waals surface area contributed by atoms with Crippen LogP contribution in [0.3, 0.4) is 0 Å². The third-order valence-corrected chi connectivity index (χ3v) is 5.55. The highest BCUT2D eigenvalue weighted by Crippen LogP contribution is 2.46. The molecule has 1 nitrogen and oxygen atoms in total. The van der Waals surface area contributed by atoms with Crippen molar-refractivity contribution in [1.82, 2.24) is 5.32 Å². The Bertz CT molecular complexity index is 363. The van der Waals surface area contributed by atoms with Gasteiger partial charge in [0.15, 0.2) is 0 Å². The smallest absolute Gasteiger partial charge is 0.0164 e. The second-order valence-electron chi connectivity index (χ2n) is 7.01. The van der Waals surface area contributed by atoms with E-state index >= 15 is 0 Å². The second kappa shape index (κ2) is 7.61. The van der Waals surface area contributed by atoms with E-state index in [9.17, 15) is 0 Å². The molecule has 1 aromatic heterocycles. The van der Waals surface area contributed by atoms with E-state index in [-0.39, 0.29) is 0 Å². The first-order valence-electron chi connectivity index (χ1n) is 8.41. The normalized spacial score (nSPS) is 19.6. The average molecular weight is 294 g/mol. The van der Waals surface area contributed by atoms with Gasteiger partial charge in [-0.05, 0) is 72.4 Å². The van der Waals surface area contributed by atoms with Crippen LogP contribution in [0, 0.1) is 11.3 Å². The summed E-state index contributed by atoms with van der Waals surface area (Å²) in [5.41, 5.74) is 2.07. The van der Waals surface area contributed by atoms with Gasteiger partial charge in [0.2, 0.25) is 0 Å². The van der Waals surface area contributed by atoms with Crippen molar-refractivity contribution in [2.24, 2.45) is 11.3 Å². The highest BCUT2D eigenvalue weighted by molar-refractivity contribution is 7.07. The summed E-state index contributed by atoms with van der Waals surface area (Å²) < 4.78 is 0. The summed E-state index contributed by atoms with van der Waals surface area (Å²) in [4.78, 5) is 0. The maximum absolute atomic E-state index is 3.90. The predicted molar refractivity (Wildman–Crippen MR) is 90.5 cm³/mol. The lowest BCUT2D eigenvalue weighted by atomic mass is 9.71. The molecule has 1 aliphatic carbocycles. The van der Waals surface area contributed by atoms with Crippen LogP contribution < -0.4 is 5.32 Å². The fourth-order valence-corrected chi connectivity index (χ4v) is 4.74. The van der Waals surface area contributed by atoms with Crippen LogP contribution in [0.4, 0.5) is 0 Å². The van der Waals surface area contributed by atoms with E-state index in [2.05, 4.69) is 42.9 Å². The van der Waals surface area contributed by atoms with Crippen LogP contribution >= 0.6 is 11.3 Å². The molecule has 0 aromatic carbocycles. The van der Waals surface area contributed by atoms with Crippen molar-refractivity contribution >= 4 is 11.3 Å². The van der Waals surface area contributed by atoms with Crippen LogP contribution in [-0.4, -0.2) is 12.6 Å². The molecule has 0 radical (unpaired) electrons. The van der Waals surface area contributed by atoms with Crippen molar-refractivity contribution in [2.75, 3.05) is 6.54 Å². The molecule has 1 aliphatic rings. The first-order chi connectivity index (χ1) is 9.66. The molecule has 2 rings (SSSR count). The van der Waals surface area contributed by atoms with Crippen LogP contribution in [0.1, 0.15) is 64.9 Å². The Labute approximate surface area is 129 Å². The molecular formula is C18H31NS. The van der Waals surface area contributed by atoms with E-state index in [0.717, 1.165) is 12.5 Å². The summed E-state index contributed by atoms with van der Waals surface area (Å²) in [6, 6.07) is 2.98. The summed E-state index contributed by atoms with van der Waals surface area (Å²) in [6.07, 6.45) is 9.56. The molecule has 1 aromatic rings. The van der Waals surface area contributed by atoms with Crippen LogP contribution in [0.25, 0.3) is 0 Å². The van der Waals surface area contributed by atoms with Gasteiger partial charge in [-0.15, -0.1) is 0 Å². The van der Waals surface area contributed by atoms with E-state index in [1.54, 1.807) is 0 Å². The Morgan fingerprint density at radius 3 is 2.60 bits per heavy atom. The van der Waals surface area contributed by atoms with Crippen LogP contribution in [-0.2, 0) is 6.42 Å². The van der Waals surface area contributed by atoms with Gasteiger partial charge in [0.25, 0.3) is 0 Å². The number of thiophene rings is 1. The first kappa shape index (κ1) is 16.0. The fraction of sp³-hybridized carbons (Fsp3) is 0.778. The van der Waals surface area contributed by atoms with Crippen molar-refractivity contribution < 1.29 is 0 Å². The van der Waals surface area contributed by atoms with Crippen LogP contribution in [0.2, 0.25) is 0 Å². The standard InChI is InChI=1S/C18H31NS/c1-4-10-19-17(12-16-7-11-20-14-16)18(13-15(2)3)8-5-6-9-18/h7,11,14-15,17,19H,4-6,8-10,12-13H2,1-3H3. The minimum absolute atomic E-state index is 0.547. The lowest BCUT2D eigenvalue weighted by molar-refractivity contribution is 0.154. The summed E-state index contributed by atoms with van der Waals surface area (Å²) in [7, 11) is 0. The fourth-order valence-electron chi connectivity index (χ4n) is 4.06. The van der Waals surface area contributed by atoms with E-state index in [1.807, 2.05) is 11.3 Å². The Morgan fingerprint density at radius 1 is 1.30 bits per heavy atom. The van der Waals surface area contributed by atoms with E-state index < -0.39 is 0 Å². The molecule has 1 saturated carbocycles. The van der Waals surface area contributed by atoms with E-state index in [0.29, 0.717) is 11.5 Å². The number of hydrogen-bond donors (Lipinski definition) is 1. The third kappa shape index (κ3) is 4.08. The molecule has 1 N–H and O–H groups in total. The molecule has 0 spiro atoms. The summed E-state index contributed by atoms with van der Waals surface area (Å²) in [5.74, 6) is 0.807. The maximum Gasteiger partial charge on any atom is 0.0164 e. The Morgan fingerprint density at radius 2 is 2.05 bits per heavy atom. The van der Waals surface area contributed by atoms with E-state index in [4.69, 9.17) is 0 Å². The summed E-state index contributed by atoms with van der Waals surface area (Å²) >= 11 is 1.83. The third-order valence-electron chi connectivity index (χ3n) is 4.81. The molecular weight excluding hydrogens is 262 g/mol. The summed E-state index contributed by atoms with van der Waals surface area (Å²) in [5, 5.41) is 8.45. The lowest BCUT2D eigenvalue weighted by Gasteiger charge is -2.40. The molecule has 0 bridgehead atoms. The lowest BCUT2D eigenvalue weighted by Crippen LogP contribution is -2.46. The Balaban J connectivity index is 2.13. The van der Waals surface area contributed by atoms with Gasteiger partial charge in [0.1, 0.15) is 0 Å². The van der Waals surface area contributed by atoms with Gasteiger partial charge in [0, 0.05) is 6.04 Å². The highest BCUT2D eigenvalue weighted by atomic mass is 32.1. The summed E-state index contributed by atoms with van der Waals surface area (Å²) in [6.45, 7) is 8.22. The van der Waals surface area contributed by atoms with Crippen molar-refractivity contribution in [3.63, 3.8) is 0 Å². The van der Waals surface area contributed by atoms with Gasteiger partial charge in [-0.3, -0.25) is 0 Å². The zero-order chi connectivity index (χ0) is 14.4. The zero-order valence-electron chi connectivity index (χ0n) is 13.5. The van der Waals surface area contributed by atoms with E-state index in [1.165, 1.54) is 50.5 Å². The van der Waals surface area contributed by atoms with Crippen LogP contribution in [0.5, 0.6) is 0 Å².